The molecule has 66 valence electrons. The molecule has 1 nitrogen and oxygen atoms in total. The molecular weight excluding hydrogens is 192 g/mol. The standard InChI is InChI=1S/C9H11ClOS/c1-11-9-4-2-8(3-5-9)6-12-7-10/h2-5H,6-7H2,1H3. The second-order valence-electron chi connectivity index (χ2n) is 2.31. The molecule has 0 aliphatic carbocycles. The van der Waals surface area contributed by atoms with Gasteiger partial charge >= 0.3 is 0 Å². The molecule has 1 rings (SSSR count). The molecule has 0 saturated heterocycles. The minimum Gasteiger partial charge on any atom is -0.497 e. The van der Waals surface area contributed by atoms with Crippen LogP contribution in [0.1, 0.15) is 5.56 Å². The summed E-state index contributed by atoms with van der Waals surface area (Å²) in [6.07, 6.45) is 0. The maximum Gasteiger partial charge on any atom is 0.118 e. The largest absolute Gasteiger partial charge is 0.497 e. The van der Waals surface area contributed by atoms with E-state index in [1.165, 1.54) is 5.56 Å². The molecule has 0 saturated carbocycles. The summed E-state index contributed by atoms with van der Waals surface area (Å²) < 4.78 is 5.04. The lowest BCUT2D eigenvalue weighted by Gasteiger charge is -2.01. The molecule has 0 radical (unpaired) electrons. The van der Waals surface area contributed by atoms with Gasteiger partial charge in [0.25, 0.3) is 0 Å². The first kappa shape index (κ1) is 9.75. The molecule has 3 heteroatoms. The number of halogens is 1. The third-order valence-electron chi connectivity index (χ3n) is 1.50. The molecule has 0 N–H and O–H groups in total. The van der Waals surface area contributed by atoms with E-state index in [2.05, 4.69) is 12.1 Å². The lowest BCUT2D eigenvalue weighted by molar-refractivity contribution is 0.414. The Balaban J connectivity index is 2.53. The summed E-state index contributed by atoms with van der Waals surface area (Å²) in [6.45, 7) is 0. The first-order valence-corrected chi connectivity index (χ1v) is 5.32. The average Bonchev–Trinajstić information content (AvgIpc) is 2.15. The van der Waals surface area contributed by atoms with Crippen molar-refractivity contribution in [3.8, 4) is 5.75 Å². The predicted molar refractivity (Wildman–Crippen MR) is 55.0 cm³/mol. The maximum absolute atomic E-state index is 5.55. The molecule has 0 spiro atoms. The van der Waals surface area contributed by atoms with Crippen LogP contribution in [0.2, 0.25) is 0 Å². The van der Waals surface area contributed by atoms with Gasteiger partial charge in [-0.2, -0.15) is 0 Å². The van der Waals surface area contributed by atoms with Gasteiger partial charge in [0.1, 0.15) is 5.75 Å². The Hall–Kier alpha value is -0.340. The quantitative estimate of drug-likeness (QED) is 0.694. The van der Waals surface area contributed by atoms with Gasteiger partial charge < -0.3 is 4.74 Å². The van der Waals surface area contributed by atoms with Gasteiger partial charge in [-0.15, -0.1) is 23.4 Å². The van der Waals surface area contributed by atoms with Crippen LogP contribution >= 0.6 is 23.4 Å². The van der Waals surface area contributed by atoms with E-state index in [-0.39, 0.29) is 0 Å². The van der Waals surface area contributed by atoms with Crippen LogP contribution in [0.3, 0.4) is 0 Å². The fraction of sp³-hybridized carbons (Fsp3) is 0.333. The molecule has 0 heterocycles. The van der Waals surface area contributed by atoms with Crippen molar-refractivity contribution in [1.82, 2.24) is 0 Å². The van der Waals surface area contributed by atoms with Crippen LogP contribution in [0.5, 0.6) is 5.75 Å². The highest BCUT2D eigenvalue weighted by molar-refractivity contribution is 7.99. The fourth-order valence-electron chi connectivity index (χ4n) is 0.878. The Morgan fingerprint density at radius 1 is 1.33 bits per heavy atom. The summed E-state index contributed by atoms with van der Waals surface area (Å²) in [4.78, 5) is 0. The summed E-state index contributed by atoms with van der Waals surface area (Å²) in [7, 11) is 1.67. The summed E-state index contributed by atoms with van der Waals surface area (Å²) in [6, 6.07) is 8.03. The Morgan fingerprint density at radius 3 is 2.50 bits per heavy atom. The highest BCUT2D eigenvalue weighted by Gasteiger charge is 1.93. The molecule has 0 amide bonds. The number of alkyl halides is 1. The Labute approximate surface area is 82.1 Å². The van der Waals surface area contributed by atoms with Crippen molar-refractivity contribution in [2.45, 2.75) is 5.75 Å². The van der Waals surface area contributed by atoms with Crippen LogP contribution in [0.25, 0.3) is 0 Å². The van der Waals surface area contributed by atoms with Crippen molar-refractivity contribution < 1.29 is 4.74 Å². The first-order chi connectivity index (χ1) is 5.86. The van der Waals surface area contributed by atoms with Crippen molar-refractivity contribution >= 4 is 23.4 Å². The molecule has 0 fully saturated rings. The van der Waals surface area contributed by atoms with Crippen LogP contribution < -0.4 is 4.74 Å². The number of ether oxygens (including phenoxy) is 1. The van der Waals surface area contributed by atoms with E-state index >= 15 is 0 Å². The van der Waals surface area contributed by atoms with E-state index in [1.807, 2.05) is 12.1 Å². The maximum atomic E-state index is 5.55. The average molecular weight is 203 g/mol. The molecular formula is C9H11ClOS. The zero-order chi connectivity index (χ0) is 8.81. The molecule has 1 aromatic carbocycles. The molecule has 0 unspecified atom stereocenters. The van der Waals surface area contributed by atoms with Gasteiger partial charge in [0, 0.05) is 5.75 Å². The molecule has 0 aromatic heterocycles. The molecule has 0 aliphatic rings. The van der Waals surface area contributed by atoms with Crippen molar-refractivity contribution in [1.29, 1.82) is 0 Å². The third-order valence-corrected chi connectivity index (χ3v) is 2.66. The van der Waals surface area contributed by atoms with Crippen LogP contribution in [0, 0.1) is 0 Å². The summed E-state index contributed by atoms with van der Waals surface area (Å²) in [5.74, 6) is 1.86. The first-order valence-electron chi connectivity index (χ1n) is 3.63. The van der Waals surface area contributed by atoms with Gasteiger partial charge in [0.2, 0.25) is 0 Å². The number of methoxy groups -OCH3 is 1. The van der Waals surface area contributed by atoms with E-state index in [1.54, 1.807) is 18.9 Å². The van der Waals surface area contributed by atoms with E-state index in [0.29, 0.717) is 5.21 Å². The zero-order valence-electron chi connectivity index (χ0n) is 6.92. The summed E-state index contributed by atoms with van der Waals surface area (Å²) >= 11 is 7.25. The van der Waals surface area contributed by atoms with E-state index in [0.717, 1.165) is 11.5 Å². The Morgan fingerprint density at radius 2 is 2.00 bits per heavy atom. The molecule has 0 atom stereocenters. The van der Waals surface area contributed by atoms with Crippen molar-refractivity contribution in [2.75, 3.05) is 12.3 Å². The second-order valence-corrected chi connectivity index (χ2v) is 3.88. The van der Waals surface area contributed by atoms with Crippen LogP contribution in [-0.4, -0.2) is 12.3 Å². The monoisotopic (exact) mass is 202 g/mol. The van der Waals surface area contributed by atoms with Gasteiger partial charge in [0.05, 0.1) is 12.3 Å². The topological polar surface area (TPSA) is 9.23 Å². The van der Waals surface area contributed by atoms with E-state index in [4.69, 9.17) is 16.3 Å². The number of hydrogen-bond donors (Lipinski definition) is 0. The molecule has 1 aromatic rings. The molecule has 0 aliphatic heterocycles. The highest BCUT2D eigenvalue weighted by Crippen LogP contribution is 2.16. The summed E-state index contributed by atoms with van der Waals surface area (Å²) in [5.41, 5.74) is 1.28. The predicted octanol–water partition coefficient (Wildman–Crippen LogP) is 3.12. The van der Waals surface area contributed by atoms with Crippen LogP contribution in [-0.2, 0) is 5.75 Å². The van der Waals surface area contributed by atoms with Crippen LogP contribution in [0.4, 0.5) is 0 Å². The van der Waals surface area contributed by atoms with E-state index in [9.17, 15) is 0 Å². The van der Waals surface area contributed by atoms with Crippen molar-refractivity contribution in [2.24, 2.45) is 0 Å². The zero-order valence-corrected chi connectivity index (χ0v) is 8.49. The van der Waals surface area contributed by atoms with Gasteiger partial charge in [-0.05, 0) is 17.7 Å². The van der Waals surface area contributed by atoms with Crippen molar-refractivity contribution in [3.63, 3.8) is 0 Å². The number of thioether (sulfide) groups is 1. The smallest absolute Gasteiger partial charge is 0.118 e. The Kier molecular flexibility index (Phi) is 4.33. The van der Waals surface area contributed by atoms with Crippen molar-refractivity contribution in [3.05, 3.63) is 29.8 Å². The van der Waals surface area contributed by atoms with E-state index < -0.39 is 0 Å². The molecule has 12 heavy (non-hydrogen) atoms. The van der Waals surface area contributed by atoms with Crippen LogP contribution in [0.15, 0.2) is 24.3 Å². The second kappa shape index (κ2) is 5.33. The molecule has 0 bridgehead atoms. The highest BCUT2D eigenvalue weighted by atomic mass is 35.5. The summed E-state index contributed by atoms with van der Waals surface area (Å²) in [5, 5.41) is 0.645. The Bertz CT molecular complexity index is 222. The number of rotatable bonds is 4. The lowest BCUT2D eigenvalue weighted by atomic mass is 10.2. The van der Waals surface area contributed by atoms with Gasteiger partial charge in [-0.25, -0.2) is 0 Å². The number of hydrogen-bond acceptors (Lipinski definition) is 2. The number of benzene rings is 1. The van der Waals surface area contributed by atoms with Gasteiger partial charge in [-0.1, -0.05) is 12.1 Å². The van der Waals surface area contributed by atoms with Gasteiger partial charge in [0.15, 0.2) is 0 Å². The minimum atomic E-state index is 0.645. The minimum absolute atomic E-state index is 0.645. The third kappa shape index (κ3) is 2.95. The SMILES string of the molecule is COc1ccc(CSCCl)cc1. The normalized spacial score (nSPS) is 9.83. The van der Waals surface area contributed by atoms with Gasteiger partial charge in [-0.3, -0.25) is 0 Å². The lowest BCUT2D eigenvalue weighted by Crippen LogP contribution is -1.83. The fourth-order valence-corrected chi connectivity index (χ4v) is 1.61.